The van der Waals surface area contributed by atoms with Crippen molar-refractivity contribution in [3.63, 3.8) is 0 Å². The third-order valence-electron chi connectivity index (χ3n) is 2.34. The van der Waals surface area contributed by atoms with Gasteiger partial charge in [-0.05, 0) is 12.5 Å². The van der Waals surface area contributed by atoms with E-state index in [0.717, 1.165) is 24.6 Å². The van der Waals surface area contributed by atoms with E-state index >= 15 is 0 Å². The molecule has 0 bridgehead atoms. The fourth-order valence-corrected chi connectivity index (χ4v) is 1.99. The topological polar surface area (TPSA) is 12.9 Å². The molecule has 0 aliphatic heterocycles. The van der Waals surface area contributed by atoms with E-state index in [4.69, 9.17) is 11.6 Å². The van der Waals surface area contributed by atoms with Gasteiger partial charge in [-0.2, -0.15) is 0 Å². The lowest BCUT2D eigenvalue weighted by atomic mass is 10.1. The number of benzene rings is 1. The number of pyridine rings is 1. The molecule has 0 aliphatic rings. The third kappa shape index (κ3) is 2.00. The summed E-state index contributed by atoms with van der Waals surface area (Å²) in [6.45, 7) is 2.01. The molecule has 16 heavy (non-hydrogen) atoms. The predicted molar refractivity (Wildman–Crippen MR) is 60.7 cm³/mol. The molecule has 0 fully saturated rings. The van der Waals surface area contributed by atoms with Crippen LogP contribution >= 0.6 is 11.6 Å². The number of hydrogen-bond acceptors (Lipinski definition) is 1. The molecule has 0 N–H and O–H groups in total. The molecule has 84 valence electrons. The quantitative estimate of drug-likeness (QED) is 0.771. The van der Waals surface area contributed by atoms with Gasteiger partial charge in [-0.1, -0.05) is 24.9 Å². The average molecular weight is 242 g/mol. The van der Waals surface area contributed by atoms with Crippen LogP contribution in [0.5, 0.6) is 0 Å². The Morgan fingerprint density at radius 2 is 2.00 bits per heavy atom. The smallest absolute Gasteiger partial charge is 0.137 e. The van der Waals surface area contributed by atoms with E-state index in [1.807, 2.05) is 6.92 Å². The Morgan fingerprint density at radius 3 is 2.69 bits per heavy atom. The van der Waals surface area contributed by atoms with E-state index in [0.29, 0.717) is 0 Å². The number of aryl methyl sites for hydroxylation is 1. The zero-order valence-corrected chi connectivity index (χ0v) is 9.48. The second-order valence-electron chi connectivity index (χ2n) is 3.63. The van der Waals surface area contributed by atoms with Crippen molar-refractivity contribution >= 4 is 22.5 Å². The van der Waals surface area contributed by atoms with Gasteiger partial charge in [-0.15, -0.1) is 0 Å². The second-order valence-corrected chi connectivity index (χ2v) is 4.03. The van der Waals surface area contributed by atoms with Gasteiger partial charge in [0.05, 0.1) is 15.9 Å². The molecule has 2 aromatic rings. The minimum absolute atomic E-state index is 0.183. The van der Waals surface area contributed by atoms with Crippen molar-refractivity contribution in [3.05, 3.63) is 40.6 Å². The fourth-order valence-electron chi connectivity index (χ4n) is 1.67. The van der Waals surface area contributed by atoms with Crippen LogP contribution in [0.3, 0.4) is 0 Å². The van der Waals surface area contributed by atoms with Gasteiger partial charge in [-0.3, -0.25) is 4.98 Å². The van der Waals surface area contributed by atoms with Crippen LogP contribution in [-0.2, 0) is 6.42 Å². The van der Waals surface area contributed by atoms with Crippen LogP contribution < -0.4 is 0 Å². The normalized spacial score (nSPS) is 11.0. The molecule has 1 nitrogen and oxygen atoms in total. The molecular weight excluding hydrogens is 232 g/mol. The van der Waals surface area contributed by atoms with E-state index < -0.39 is 11.6 Å². The van der Waals surface area contributed by atoms with Crippen molar-refractivity contribution in [3.8, 4) is 0 Å². The molecule has 0 atom stereocenters. The van der Waals surface area contributed by atoms with E-state index in [1.165, 1.54) is 6.07 Å². The summed E-state index contributed by atoms with van der Waals surface area (Å²) in [5, 5.41) is 0.467. The standard InChI is InChI=1S/C12H10ClF2N/c1-2-3-8-6-9(13)12-10(15)4-7(14)5-11(12)16-8/h4-6H,2-3H2,1H3. The molecule has 1 heterocycles. The molecule has 0 spiro atoms. The Labute approximate surface area is 97.1 Å². The number of nitrogens with zero attached hydrogens (tertiary/aromatic N) is 1. The molecule has 1 aromatic heterocycles. The molecule has 4 heteroatoms. The van der Waals surface area contributed by atoms with Crippen molar-refractivity contribution in [1.29, 1.82) is 0 Å². The molecule has 1 aromatic carbocycles. The van der Waals surface area contributed by atoms with Crippen LogP contribution in [0, 0.1) is 11.6 Å². The molecule has 0 saturated carbocycles. The molecule has 0 aliphatic carbocycles. The first-order chi connectivity index (χ1) is 7.61. The van der Waals surface area contributed by atoms with Gasteiger partial charge in [0, 0.05) is 17.8 Å². The van der Waals surface area contributed by atoms with E-state index in [-0.39, 0.29) is 15.9 Å². The van der Waals surface area contributed by atoms with Gasteiger partial charge >= 0.3 is 0 Å². The van der Waals surface area contributed by atoms with E-state index in [2.05, 4.69) is 4.98 Å². The van der Waals surface area contributed by atoms with Crippen LogP contribution in [0.2, 0.25) is 5.02 Å². The third-order valence-corrected chi connectivity index (χ3v) is 2.63. The number of aromatic nitrogens is 1. The van der Waals surface area contributed by atoms with Crippen molar-refractivity contribution < 1.29 is 8.78 Å². The maximum atomic E-state index is 13.5. The first-order valence-corrected chi connectivity index (χ1v) is 5.43. The van der Waals surface area contributed by atoms with Crippen LogP contribution in [0.4, 0.5) is 8.78 Å². The van der Waals surface area contributed by atoms with Crippen molar-refractivity contribution in [2.24, 2.45) is 0 Å². The molecule has 0 amide bonds. The number of hydrogen-bond donors (Lipinski definition) is 0. The molecule has 0 saturated heterocycles. The van der Waals surface area contributed by atoms with E-state index in [1.54, 1.807) is 6.07 Å². The van der Waals surface area contributed by atoms with E-state index in [9.17, 15) is 8.78 Å². The van der Waals surface area contributed by atoms with Crippen LogP contribution in [0.15, 0.2) is 18.2 Å². The lowest BCUT2D eigenvalue weighted by Crippen LogP contribution is -1.93. The summed E-state index contributed by atoms with van der Waals surface area (Å²) in [6.07, 6.45) is 1.65. The van der Waals surface area contributed by atoms with Crippen molar-refractivity contribution in [2.75, 3.05) is 0 Å². The van der Waals surface area contributed by atoms with Gasteiger partial charge in [0.15, 0.2) is 0 Å². The van der Waals surface area contributed by atoms with Gasteiger partial charge in [0.2, 0.25) is 0 Å². The minimum Gasteiger partial charge on any atom is -0.253 e. The summed E-state index contributed by atoms with van der Waals surface area (Å²) in [6, 6.07) is 3.65. The zero-order chi connectivity index (χ0) is 11.7. The maximum absolute atomic E-state index is 13.5. The predicted octanol–water partition coefficient (Wildman–Crippen LogP) is 4.12. The van der Waals surface area contributed by atoms with Gasteiger partial charge in [0.1, 0.15) is 11.6 Å². The largest absolute Gasteiger partial charge is 0.253 e. The van der Waals surface area contributed by atoms with Crippen molar-refractivity contribution in [2.45, 2.75) is 19.8 Å². The summed E-state index contributed by atoms with van der Waals surface area (Å²) in [5.74, 6) is -1.31. The lowest BCUT2D eigenvalue weighted by Gasteiger charge is -2.05. The Kier molecular flexibility index (Phi) is 3.06. The molecular formula is C12H10ClF2N. The number of halogens is 3. The van der Waals surface area contributed by atoms with Gasteiger partial charge in [-0.25, -0.2) is 8.78 Å². The highest BCUT2D eigenvalue weighted by Gasteiger charge is 2.10. The monoisotopic (exact) mass is 241 g/mol. The van der Waals surface area contributed by atoms with Gasteiger partial charge < -0.3 is 0 Å². The summed E-state index contributed by atoms with van der Waals surface area (Å²) in [5.41, 5.74) is 1.03. The highest BCUT2D eigenvalue weighted by Crippen LogP contribution is 2.27. The number of fused-ring (bicyclic) bond motifs is 1. The summed E-state index contributed by atoms with van der Waals surface area (Å²) in [7, 11) is 0. The fraction of sp³-hybridized carbons (Fsp3) is 0.250. The molecule has 0 unspecified atom stereocenters. The first kappa shape index (κ1) is 11.3. The summed E-state index contributed by atoms with van der Waals surface area (Å²) >= 11 is 5.95. The summed E-state index contributed by atoms with van der Waals surface area (Å²) in [4.78, 5) is 4.18. The Bertz CT molecular complexity index is 540. The number of rotatable bonds is 2. The molecule has 0 radical (unpaired) electrons. The summed E-state index contributed by atoms with van der Waals surface area (Å²) < 4.78 is 26.5. The zero-order valence-electron chi connectivity index (χ0n) is 8.73. The average Bonchev–Trinajstić information content (AvgIpc) is 2.15. The Morgan fingerprint density at radius 1 is 1.25 bits per heavy atom. The highest BCUT2D eigenvalue weighted by atomic mass is 35.5. The first-order valence-electron chi connectivity index (χ1n) is 5.06. The Hall–Kier alpha value is -1.22. The lowest BCUT2D eigenvalue weighted by molar-refractivity contribution is 0.591. The van der Waals surface area contributed by atoms with Crippen LogP contribution in [0.25, 0.3) is 10.9 Å². The maximum Gasteiger partial charge on any atom is 0.137 e. The van der Waals surface area contributed by atoms with Crippen LogP contribution in [0.1, 0.15) is 19.0 Å². The minimum atomic E-state index is -0.671. The second kappa shape index (κ2) is 4.34. The molecule has 2 rings (SSSR count). The highest BCUT2D eigenvalue weighted by molar-refractivity contribution is 6.35. The SMILES string of the molecule is CCCc1cc(Cl)c2c(F)cc(F)cc2n1. The van der Waals surface area contributed by atoms with Gasteiger partial charge in [0.25, 0.3) is 0 Å². The Balaban J connectivity index is 2.71. The van der Waals surface area contributed by atoms with Crippen LogP contribution in [-0.4, -0.2) is 4.98 Å². The van der Waals surface area contributed by atoms with Crippen molar-refractivity contribution in [1.82, 2.24) is 4.98 Å².